The molecule has 184 valence electrons. The van der Waals surface area contributed by atoms with Gasteiger partial charge in [0.25, 0.3) is 0 Å². The van der Waals surface area contributed by atoms with Crippen molar-refractivity contribution in [2.45, 2.75) is 25.7 Å². The van der Waals surface area contributed by atoms with E-state index in [2.05, 4.69) is 20.3 Å². The Morgan fingerprint density at radius 1 is 1.11 bits per heavy atom. The normalized spacial score (nSPS) is 18.5. The van der Waals surface area contributed by atoms with Crippen LogP contribution in [0, 0.1) is 5.82 Å². The van der Waals surface area contributed by atoms with Gasteiger partial charge in [0, 0.05) is 54.0 Å². The quantitative estimate of drug-likeness (QED) is 0.362. The molecule has 1 aliphatic rings. The minimum Gasteiger partial charge on any atom is -0.496 e. The van der Waals surface area contributed by atoms with Crippen molar-refractivity contribution in [2.75, 3.05) is 27.2 Å². The summed E-state index contributed by atoms with van der Waals surface area (Å²) in [5, 5.41) is 13.8. The van der Waals surface area contributed by atoms with E-state index in [9.17, 15) is 4.39 Å². The fraction of sp³-hybridized carbons (Fsp3) is 0.308. The van der Waals surface area contributed by atoms with Crippen molar-refractivity contribution in [1.29, 1.82) is 0 Å². The molecule has 10 heteroatoms. The lowest BCUT2D eigenvalue weighted by molar-refractivity contribution is 0.268. The number of hydrogen-bond acceptors (Lipinski definition) is 6. The first-order chi connectivity index (χ1) is 17.5. The van der Waals surface area contributed by atoms with Crippen LogP contribution in [0.15, 0.2) is 49.1 Å². The summed E-state index contributed by atoms with van der Waals surface area (Å²) in [4.78, 5) is 6.46. The molecule has 6 rings (SSSR count). The second-order valence-electron chi connectivity index (χ2n) is 9.18. The third-order valence-corrected chi connectivity index (χ3v) is 6.90. The van der Waals surface area contributed by atoms with Crippen LogP contribution in [-0.2, 0) is 6.54 Å². The summed E-state index contributed by atoms with van der Waals surface area (Å²) in [6.45, 7) is 3.68. The van der Waals surface area contributed by atoms with Crippen molar-refractivity contribution in [3.05, 3.63) is 54.9 Å². The molecule has 1 saturated heterocycles. The van der Waals surface area contributed by atoms with Crippen LogP contribution in [0.1, 0.15) is 13.0 Å². The number of rotatable bonds is 5. The van der Waals surface area contributed by atoms with Gasteiger partial charge in [0.2, 0.25) is 0 Å². The lowest BCUT2D eigenvalue weighted by Crippen LogP contribution is -2.19. The van der Waals surface area contributed by atoms with Gasteiger partial charge in [-0.3, -0.25) is 4.68 Å². The van der Waals surface area contributed by atoms with Crippen LogP contribution >= 0.6 is 0 Å². The number of halogens is 2. The number of fused-ring (bicyclic) bond motifs is 2. The van der Waals surface area contributed by atoms with Crippen molar-refractivity contribution in [1.82, 2.24) is 34.4 Å². The number of hydrogen-bond donors (Lipinski definition) is 0. The molecule has 36 heavy (non-hydrogen) atoms. The van der Waals surface area contributed by atoms with Gasteiger partial charge in [0.05, 0.1) is 31.2 Å². The van der Waals surface area contributed by atoms with E-state index in [1.54, 1.807) is 42.5 Å². The molecule has 3 aromatic heterocycles. The smallest absolute Gasteiger partial charge is 0.183 e. The molecule has 2 atom stereocenters. The third-order valence-electron chi connectivity index (χ3n) is 6.90. The zero-order valence-corrected chi connectivity index (χ0v) is 20.2. The number of imidazole rings is 1. The molecule has 0 bridgehead atoms. The summed E-state index contributed by atoms with van der Waals surface area (Å²) >= 11 is 0. The average molecular weight is 490 g/mol. The Balaban J connectivity index is 1.47. The molecule has 0 amide bonds. The molecule has 8 nitrogen and oxygen atoms in total. The fourth-order valence-corrected chi connectivity index (χ4v) is 5.01. The number of benzene rings is 2. The summed E-state index contributed by atoms with van der Waals surface area (Å²) in [6, 6.07) is 8.17. The van der Waals surface area contributed by atoms with Gasteiger partial charge in [-0.25, -0.2) is 13.8 Å². The maximum Gasteiger partial charge on any atom is 0.183 e. The molecule has 4 heterocycles. The number of aryl methyl sites for hydroxylation is 1. The number of ether oxygens (including phenoxy) is 1. The van der Waals surface area contributed by atoms with E-state index < -0.39 is 6.17 Å². The van der Waals surface area contributed by atoms with Gasteiger partial charge >= 0.3 is 0 Å². The molecule has 2 aromatic carbocycles. The predicted molar refractivity (Wildman–Crippen MR) is 133 cm³/mol. The maximum atomic E-state index is 15.2. The van der Waals surface area contributed by atoms with E-state index in [1.807, 2.05) is 35.7 Å². The highest BCUT2D eigenvalue weighted by atomic mass is 19.1. The first-order valence-corrected chi connectivity index (χ1v) is 11.8. The summed E-state index contributed by atoms with van der Waals surface area (Å²) in [5.41, 5.74) is 4.54. The Morgan fingerprint density at radius 2 is 1.97 bits per heavy atom. The summed E-state index contributed by atoms with van der Waals surface area (Å²) in [7, 11) is 3.44. The Labute approximate surface area is 206 Å². The van der Waals surface area contributed by atoms with Gasteiger partial charge < -0.3 is 14.2 Å². The van der Waals surface area contributed by atoms with Gasteiger partial charge in [-0.05, 0) is 37.7 Å². The Bertz CT molecular complexity index is 1590. The third kappa shape index (κ3) is 3.60. The highest BCUT2D eigenvalue weighted by molar-refractivity contribution is 5.92. The van der Waals surface area contributed by atoms with E-state index in [-0.39, 0.29) is 11.9 Å². The summed E-state index contributed by atoms with van der Waals surface area (Å²) in [6.07, 6.45) is 4.20. The Kier molecular flexibility index (Phi) is 5.40. The van der Waals surface area contributed by atoms with Gasteiger partial charge in [0.1, 0.15) is 23.3 Å². The van der Waals surface area contributed by atoms with Crippen LogP contribution in [0.3, 0.4) is 0 Å². The highest BCUT2D eigenvalue weighted by Crippen LogP contribution is 2.38. The molecular weight excluding hydrogens is 464 g/mol. The lowest BCUT2D eigenvalue weighted by atomic mass is 9.97. The lowest BCUT2D eigenvalue weighted by Gasteiger charge is -2.12. The van der Waals surface area contributed by atoms with Crippen molar-refractivity contribution < 1.29 is 13.5 Å². The number of aromatic nitrogens is 6. The summed E-state index contributed by atoms with van der Waals surface area (Å²) < 4.78 is 39.0. The molecule has 0 radical (unpaired) electrons. The predicted octanol–water partition coefficient (Wildman–Crippen LogP) is 4.50. The largest absolute Gasteiger partial charge is 0.496 e. The fourth-order valence-electron chi connectivity index (χ4n) is 5.01. The highest BCUT2D eigenvalue weighted by Gasteiger charge is 2.33. The first kappa shape index (κ1) is 22.5. The summed E-state index contributed by atoms with van der Waals surface area (Å²) in [5.74, 6) is 0.0970. The van der Waals surface area contributed by atoms with E-state index in [0.717, 1.165) is 16.5 Å². The minimum atomic E-state index is -0.998. The van der Waals surface area contributed by atoms with Gasteiger partial charge in [0.15, 0.2) is 5.65 Å². The van der Waals surface area contributed by atoms with Crippen LogP contribution < -0.4 is 4.74 Å². The molecule has 0 spiro atoms. The van der Waals surface area contributed by atoms with Gasteiger partial charge in [-0.2, -0.15) is 10.2 Å². The average Bonchev–Trinajstić information content (AvgIpc) is 3.58. The second kappa shape index (κ2) is 8.63. The van der Waals surface area contributed by atoms with Gasteiger partial charge in [-0.1, -0.05) is 6.07 Å². The topological polar surface area (TPSA) is 73.9 Å². The molecular formula is C26H25F2N7O. The second-order valence-corrected chi connectivity index (χ2v) is 9.18. The molecule has 1 fully saturated rings. The molecule has 0 N–H and O–H groups in total. The number of nitrogens with zero attached hydrogens (tertiary/aromatic N) is 7. The minimum absolute atomic E-state index is 0.360. The van der Waals surface area contributed by atoms with E-state index in [1.165, 1.54) is 6.07 Å². The molecule has 0 saturated carbocycles. The van der Waals surface area contributed by atoms with E-state index in [4.69, 9.17) is 4.74 Å². The molecule has 0 unspecified atom stereocenters. The zero-order chi connectivity index (χ0) is 25.0. The maximum absolute atomic E-state index is 15.2. The Morgan fingerprint density at radius 3 is 2.72 bits per heavy atom. The van der Waals surface area contributed by atoms with Crippen molar-refractivity contribution in [3.63, 3.8) is 0 Å². The zero-order valence-electron chi connectivity index (χ0n) is 20.2. The van der Waals surface area contributed by atoms with Crippen LogP contribution in [0.2, 0.25) is 0 Å². The van der Waals surface area contributed by atoms with Crippen LogP contribution in [-0.4, -0.2) is 67.8 Å². The molecule has 5 aromatic rings. The first-order valence-electron chi connectivity index (χ1n) is 11.8. The molecule has 0 aliphatic carbocycles. The number of alkyl halides is 1. The van der Waals surface area contributed by atoms with Crippen LogP contribution in [0.25, 0.3) is 44.3 Å². The Hall–Kier alpha value is -3.92. The molecule has 1 aliphatic heterocycles. The van der Waals surface area contributed by atoms with Crippen molar-refractivity contribution in [2.24, 2.45) is 0 Å². The monoisotopic (exact) mass is 489 g/mol. The number of likely N-dealkylation sites (tertiary alicyclic amines) is 1. The van der Waals surface area contributed by atoms with Crippen LogP contribution in [0.4, 0.5) is 8.78 Å². The number of methoxy groups -OCH3 is 1. The van der Waals surface area contributed by atoms with E-state index >= 15 is 4.39 Å². The SMILES string of the molecule is CCn1cnc2c(-c3ccc(F)c(-c4cc5cn([C@H]6CN(C)C[C@H]6F)nc5cc4OC)c3)cnnc21. The van der Waals surface area contributed by atoms with Crippen molar-refractivity contribution in [3.8, 4) is 28.0 Å². The van der Waals surface area contributed by atoms with Gasteiger partial charge in [-0.15, -0.1) is 5.10 Å². The number of likely N-dealkylation sites (N-methyl/N-ethyl adjacent to an activating group) is 1. The standard InChI is InChI=1S/C26H25F2N7O/c1-4-34-14-29-25-19(10-30-31-26(25)34)15-5-6-20(27)17(7-15)18-8-16-11-35(23-13-33(2)12-21(23)28)32-22(16)9-24(18)36-3/h5-11,14,21,23H,4,12-13H2,1-3H3/t21-,23+/m1/s1. The van der Waals surface area contributed by atoms with Crippen LogP contribution in [0.5, 0.6) is 5.75 Å². The van der Waals surface area contributed by atoms with E-state index in [0.29, 0.717) is 53.2 Å². The van der Waals surface area contributed by atoms with Crippen molar-refractivity contribution >= 4 is 22.1 Å².